The predicted octanol–water partition coefficient (Wildman–Crippen LogP) is 6.87. The van der Waals surface area contributed by atoms with Gasteiger partial charge in [0, 0.05) is 32.2 Å². The van der Waals surface area contributed by atoms with Crippen LogP contribution in [0.25, 0.3) is 11.1 Å². The average molecular weight is 529 g/mol. The fraction of sp³-hybridized carbons (Fsp3) is 0.242. The fourth-order valence-corrected chi connectivity index (χ4v) is 5.35. The van der Waals surface area contributed by atoms with Crippen LogP contribution < -0.4 is 0 Å². The van der Waals surface area contributed by atoms with Crippen LogP contribution in [0.3, 0.4) is 0 Å². The number of rotatable bonds is 7. The van der Waals surface area contributed by atoms with Gasteiger partial charge in [-0.1, -0.05) is 103 Å². The van der Waals surface area contributed by atoms with Gasteiger partial charge in [0.2, 0.25) is 5.91 Å². The summed E-state index contributed by atoms with van der Waals surface area (Å²) in [5, 5.41) is 0. The smallest absolute Gasteiger partial charge is 0.337 e. The van der Waals surface area contributed by atoms with Crippen molar-refractivity contribution in [3.8, 4) is 11.1 Å². The summed E-state index contributed by atoms with van der Waals surface area (Å²) < 4.78 is 40.5. The molecule has 0 aliphatic carbocycles. The molecule has 1 aliphatic rings. The first kappa shape index (κ1) is 26.7. The Morgan fingerprint density at radius 3 is 2.00 bits per heavy atom. The molecule has 1 saturated heterocycles. The Hall–Kier alpha value is -3.90. The average Bonchev–Trinajstić information content (AvgIpc) is 2.94. The molecule has 200 valence electrons. The van der Waals surface area contributed by atoms with Crippen LogP contribution in [0.5, 0.6) is 0 Å². The number of alkyl halides is 3. The molecule has 1 amide bonds. The van der Waals surface area contributed by atoms with E-state index in [1.54, 1.807) is 18.2 Å². The summed E-state index contributed by atoms with van der Waals surface area (Å²) in [4.78, 5) is 17.7. The third-order valence-electron chi connectivity index (χ3n) is 7.30. The van der Waals surface area contributed by atoms with Gasteiger partial charge < -0.3 is 4.90 Å². The molecule has 1 atom stereocenters. The maximum Gasteiger partial charge on any atom is 0.417 e. The van der Waals surface area contributed by atoms with Gasteiger partial charge in [-0.25, -0.2) is 0 Å². The minimum atomic E-state index is -4.40. The van der Waals surface area contributed by atoms with E-state index in [1.165, 1.54) is 17.7 Å². The molecular formula is C33H31F3N2O. The van der Waals surface area contributed by atoms with E-state index in [1.807, 2.05) is 65.6 Å². The lowest BCUT2D eigenvalue weighted by Crippen LogP contribution is -2.56. The summed E-state index contributed by atoms with van der Waals surface area (Å²) in [5.74, 6) is 0.134. The number of amides is 1. The number of carbonyl (C=O) groups is 1. The molecule has 0 unspecified atom stereocenters. The third kappa shape index (κ3) is 6.76. The SMILES string of the molecule is O=C(Cc1ccccc1)N1CCN(Cc2ccc(-c3ccccc3C(F)(F)F)cc2)C[C@@H]1Cc1ccccc1. The Bertz CT molecular complexity index is 1370. The van der Waals surface area contributed by atoms with Crippen molar-refractivity contribution in [3.63, 3.8) is 0 Å². The molecule has 0 N–H and O–H groups in total. The third-order valence-corrected chi connectivity index (χ3v) is 7.30. The van der Waals surface area contributed by atoms with Gasteiger partial charge in [-0.05, 0) is 40.3 Å². The van der Waals surface area contributed by atoms with Crippen molar-refractivity contribution in [2.75, 3.05) is 19.6 Å². The molecule has 6 heteroatoms. The van der Waals surface area contributed by atoms with Gasteiger partial charge in [0.1, 0.15) is 0 Å². The second-order valence-corrected chi connectivity index (χ2v) is 10.1. The van der Waals surface area contributed by atoms with Crippen molar-refractivity contribution in [3.05, 3.63) is 131 Å². The van der Waals surface area contributed by atoms with Crippen LogP contribution in [0.15, 0.2) is 109 Å². The van der Waals surface area contributed by atoms with Crippen LogP contribution in [0.4, 0.5) is 13.2 Å². The zero-order valence-corrected chi connectivity index (χ0v) is 21.6. The molecule has 0 bridgehead atoms. The van der Waals surface area contributed by atoms with Crippen LogP contribution >= 0.6 is 0 Å². The zero-order valence-electron chi connectivity index (χ0n) is 21.6. The Labute approximate surface area is 227 Å². The monoisotopic (exact) mass is 528 g/mol. The zero-order chi connectivity index (χ0) is 27.2. The summed E-state index contributed by atoms with van der Waals surface area (Å²) in [5.41, 5.74) is 3.34. The Morgan fingerprint density at radius 2 is 1.33 bits per heavy atom. The van der Waals surface area contributed by atoms with E-state index in [-0.39, 0.29) is 17.5 Å². The molecule has 1 heterocycles. The first-order valence-corrected chi connectivity index (χ1v) is 13.2. The van der Waals surface area contributed by atoms with Gasteiger partial charge in [0.05, 0.1) is 12.0 Å². The van der Waals surface area contributed by atoms with E-state index in [9.17, 15) is 18.0 Å². The number of hydrogen-bond donors (Lipinski definition) is 0. The normalized spacial score (nSPS) is 16.3. The quantitative estimate of drug-likeness (QED) is 0.261. The highest BCUT2D eigenvalue weighted by molar-refractivity contribution is 5.79. The van der Waals surface area contributed by atoms with E-state index in [0.717, 1.165) is 36.7 Å². The van der Waals surface area contributed by atoms with Crippen LogP contribution in [0.1, 0.15) is 22.3 Å². The van der Waals surface area contributed by atoms with Gasteiger partial charge >= 0.3 is 6.18 Å². The summed E-state index contributed by atoms with van der Waals surface area (Å²) in [6.45, 7) is 2.78. The first-order valence-electron chi connectivity index (χ1n) is 13.2. The molecule has 0 saturated carbocycles. The molecule has 0 radical (unpaired) electrons. The molecule has 1 aliphatic heterocycles. The van der Waals surface area contributed by atoms with Gasteiger partial charge in [0.25, 0.3) is 0 Å². The number of benzene rings is 4. The predicted molar refractivity (Wildman–Crippen MR) is 148 cm³/mol. The molecular weight excluding hydrogens is 497 g/mol. The van der Waals surface area contributed by atoms with Crippen molar-refractivity contribution >= 4 is 5.91 Å². The lowest BCUT2D eigenvalue weighted by molar-refractivity contribution is -0.137. The highest BCUT2D eigenvalue weighted by atomic mass is 19.4. The largest absolute Gasteiger partial charge is 0.417 e. The van der Waals surface area contributed by atoms with Gasteiger partial charge in [-0.2, -0.15) is 13.2 Å². The molecule has 39 heavy (non-hydrogen) atoms. The minimum Gasteiger partial charge on any atom is -0.337 e. The summed E-state index contributed by atoms with van der Waals surface area (Å²) in [6.07, 6.45) is -3.25. The molecule has 3 nitrogen and oxygen atoms in total. The fourth-order valence-electron chi connectivity index (χ4n) is 5.35. The van der Waals surface area contributed by atoms with Crippen molar-refractivity contribution in [1.82, 2.24) is 9.80 Å². The molecule has 4 aromatic carbocycles. The van der Waals surface area contributed by atoms with Crippen LogP contribution in [0.2, 0.25) is 0 Å². The maximum absolute atomic E-state index is 13.5. The molecule has 4 aromatic rings. The number of nitrogens with zero attached hydrogens (tertiary/aromatic N) is 2. The van der Waals surface area contributed by atoms with Gasteiger partial charge in [-0.15, -0.1) is 0 Å². The summed E-state index contributed by atoms with van der Waals surface area (Å²) in [7, 11) is 0. The number of piperazine rings is 1. The second kappa shape index (κ2) is 11.9. The summed E-state index contributed by atoms with van der Waals surface area (Å²) in [6, 6.07) is 33.1. The van der Waals surface area contributed by atoms with E-state index < -0.39 is 11.7 Å². The van der Waals surface area contributed by atoms with Crippen LogP contribution in [0, 0.1) is 0 Å². The van der Waals surface area contributed by atoms with Gasteiger partial charge in [-0.3, -0.25) is 9.69 Å². The molecule has 1 fully saturated rings. The molecule has 0 spiro atoms. The standard InChI is InChI=1S/C33H31F3N2O/c34-33(35,36)31-14-8-7-13-30(31)28-17-15-27(16-18-28)23-37-19-20-38(32(39)22-26-11-5-2-6-12-26)29(24-37)21-25-9-3-1-4-10-25/h1-18,29H,19-24H2/t29-/m0/s1. The maximum atomic E-state index is 13.5. The topological polar surface area (TPSA) is 23.6 Å². The van der Waals surface area contributed by atoms with E-state index in [0.29, 0.717) is 25.1 Å². The van der Waals surface area contributed by atoms with Crippen LogP contribution in [-0.2, 0) is 30.4 Å². The van der Waals surface area contributed by atoms with Crippen molar-refractivity contribution in [1.29, 1.82) is 0 Å². The number of hydrogen-bond acceptors (Lipinski definition) is 2. The van der Waals surface area contributed by atoms with Crippen molar-refractivity contribution in [2.24, 2.45) is 0 Å². The Kier molecular flexibility index (Phi) is 8.13. The van der Waals surface area contributed by atoms with Crippen molar-refractivity contribution < 1.29 is 18.0 Å². The minimum absolute atomic E-state index is 0.0373. The Balaban J connectivity index is 1.29. The lowest BCUT2D eigenvalue weighted by atomic mass is 9.98. The van der Waals surface area contributed by atoms with E-state index >= 15 is 0 Å². The Morgan fingerprint density at radius 1 is 0.718 bits per heavy atom. The molecule has 5 rings (SSSR count). The van der Waals surface area contributed by atoms with E-state index in [4.69, 9.17) is 0 Å². The van der Waals surface area contributed by atoms with Crippen LogP contribution in [-0.4, -0.2) is 41.4 Å². The number of carbonyl (C=O) groups excluding carboxylic acids is 1. The van der Waals surface area contributed by atoms with Crippen molar-refractivity contribution in [2.45, 2.75) is 31.6 Å². The summed E-state index contributed by atoms with van der Waals surface area (Å²) >= 11 is 0. The lowest BCUT2D eigenvalue weighted by Gasteiger charge is -2.42. The number of halogens is 3. The first-order chi connectivity index (χ1) is 18.9. The van der Waals surface area contributed by atoms with Gasteiger partial charge in [0.15, 0.2) is 0 Å². The van der Waals surface area contributed by atoms with E-state index in [2.05, 4.69) is 17.0 Å². The highest BCUT2D eigenvalue weighted by Crippen LogP contribution is 2.37. The highest BCUT2D eigenvalue weighted by Gasteiger charge is 2.33. The molecule has 0 aromatic heterocycles. The second-order valence-electron chi connectivity index (χ2n) is 10.1.